The van der Waals surface area contributed by atoms with E-state index in [4.69, 9.17) is 15.8 Å². The molecule has 0 aromatic carbocycles. The van der Waals surface area contributed by atoms with Crippen LogP contribution < -0.4 is 5.73 Å². The third kappa shape index (κ3) is 3.28. The molecule has 6 heteroatoms. The van der Waals surface area contributed by atoms with Crippen molar-refractivity contribution < 1.29 is 0 Å². The highest BCUT2D eigenvalue weighted by Gasteiger charge is 2.36. The Morgan fingerprint density at radius 2 is 2.22 bits per heavy atom. The molecule has 23 heavy (non-hydrogen) atoms. The number of nitrogens with two attached hydrogens (primary N) is 1. The zero-order chi connectivity index (χ0) is 16.4. The Bertz CT molecular complexity index is 636. The van der Waals surface area contributed by atoms with Crippen molar-refractivity contribution in [1.29, 1.82) is 0 Å². The van der Waals surface area contributed by atoms with Gasteiger partial charge in [0.25, 0.3) is 0 Å². The van der Waals surface area contributed by atoms with Crippen molar-refractivity contribution in [3.05, 3.63) is 41.7 Å². The van der Waals surface area contributed by atoms with Crippen LogP contribution in [-0.4, -0.2) is 51.8 Å². The first-order valence-corrected chi connectivity index (χ1v) is 8.30. The lowest BCUT2D eigenvalue weighted by atomic mass is 9.79. The molecule has 3 unspecified atom stereocenters. The minimum absolute atomic E-state index is 0.205. The second kappa shape index (κ2) is 6.76. The summed E-state index contributed by atoms with van der Waals surface area (Å²) in [5, 5.41) is 4.74. The van der Waals surface area contributed by atoms with Crippen LogP contribution in [-0.2, 0) is 6.42 Å². The van der Waals surface area contributed by atoms with Gasteiger partial charge in [-0.3, -0.25) is 4.98 Å². The van der Waals surface area contributed by atoms with Crippen LogP contribution in [0, 0.1) is 0 Å². The average molecular weight is 314 g/mol. The second-order valence-electron chi connectivity index (χ2n) is 6.70. The van der Waals surface area contributed by atoms with Crippen LogP contribution in [0.15, 0.2) is 24.5 Å². The molecule has 0 aliphatic carbocycles. The molecule has 0 fully saturated rings. The fraction of sp³-hybridized carbons (Fsp3) is 0.588. The molecule has 0 spiro atoms. The number of rotatable bonds is 5. The van der Waals surface area contributed by atoms with Gasteiger partial charge >= 0.3 is 0 Å². The molecular formula is C17H26N6. The molecule has 0 amide bonds. The van der Waals surface area contributed by atoms with Gasteiger partial charge in [0.15, 0.2) is 5.82 Å². The van der Waals surface area contributed by atoms with E-state index in [9.17, 15) is 0 Å². The van der Waals surface area contributed by atoms with Gasteiger partial charge in [-0.2, -0.15) is 5.10 Å². The van der Waals surface area contributed by atoms with Crippen molar-refractivity contribution in [2.24, 2.45) is 5.73 Å². The summed E-state index contributed by atoms with van der Waals surface area (Å²) in [6.45, 7) is 3.75. The van der Waals surface area contributed by atoms with Gasteiger partial charge in [-0.15, -0.1) is 0 Å². The molecule has 3 rings (SSSR count). The van der Waals surface area contributed by atoms with Gasteiger partial charge in [0.1, 0.15) is 5.82 Å². The van der Waals surface area contributed by atoms with E-state index >= 15 is 0 Å². The van der Waals surface area contributed by atoms with Crippen LogP contribution in [0.4, 0.5) is 0 Å². The highest BCUT2D eigenvalue weighted by atomic mass is 15.4. The molecule has 2 aromatic rings. The first kappa shape index (κ1) is 16.1. The molecule has 3 atom stereocenters. The monoisotopic (exact) mass is 314 g/mol. The summed E-state index contributed by atoms with van der Waals surface area (Å²) in [6, 6.07) is 4.47. The average Bonchev–Trinajstić information content (AvgIpc) is 2.98. The van der Waals surface area contributed by atoms with Crippen LogP contribution in [0.2, 0.25) is 0 Å². The van der Waals surface area contributed by atoms with Gasteiger partial charge < -0.3 is 10.6 Å². The number of aromatic nitrogens is 4. The first-order valence-electron chi connectivity index (χ1n) is 8.30. The Morgan fingerprint density at radius 1 is 1.39 bits per heavy atom. The number of hydrogen-bond acceptors (Lipinski definition) is 5. The van der Waals surface area contributed by atoms with E-state index < -0.39 is 0 Å². The third-order valence-electron chi connectivity index (χ3n) is 4.68. The van der Waals surface area contributed by atoms with E-state index in [1.807, 2.05) is 18.5 Å². The SMILES string of the molecule is CC1CC(c2cccnc2)C(CN)c2nc(CCN(C)C)nn21. The molecule has 1 aliphatic rings. The summed E-state index contributed by atoms with van der Waals surface area (Å²) in [5.41, 5.74) is 7.36. The van der Waals surface area contributed by atoms with Crippen molar-refractivity contribution in [2.45, 2.75) is 37.6 Å². The Morgan fingerprint density at radius 3 is 2.87 bits per heavy atom. The quantitative estimate of drug-likeness (QED) is 0.907. The van der Waals surface area contributed by atoms with Crippen LogP contribution >= 0.6 is 0 Å². The lowest BCUT2D eigenvalue weighted by Crippen LogP contribution is -2.31. The molecule has 0 bridgehead atoms. The molecule has 0 radical (unpaired) electrons. The lowest BCUT2D eigenvalue weighted by Gasteiger charge is -2.34. The van der Waals surface area contributed by atoms with Crippen LogP contribution in [0.5, 0.6) is 0 Å². The smallest absolute Gasteiger partial charge is 0.152 e. The van der Waals surface area contributed by atoms with Crippen LogP contribution in [0.3, 0.4) is 0 Å². The van der Waals surface area contributed by atoms with E-state index in [0.717, 1.165) is 31.0 Å². The van der Waals surface area contributed by atoms with E-state index in [0.29, 0.717) is 18.5 Å². The minimum Gasteiger partial charge on any atom is -0.330 e. The second-order valence-corrected chi connectivity index (χ2v) is 6.70. The standard InChI is InChI=1S/C17H26N6/c1-12-9-14(13-5-4-7-19-11-13)15(10-18)17-20-16(21-23(12)17)6-8-22(2)3/h4-5,7,11-12,14-15H,6,8-10,18H2,1-3H3. The summed E-state index contributed by atoms with van der Waals surface area (Å²) in [5.74, 6) is 2.53. The molecule has 6 nitrogen and oxygen atoms in total. The van der Waals surface area contributed by atoms with Crippen LogP contribution in [0.1, 0.15) is 48.4 Å². The Kier molecular flexibility index (Phi) is 4.73. The van der Waals surface area contributed by atoms with Gasteiger partial charge in [0.2, 0.25) is 0 Å². The van der Waals surface area contributed by atoms with Crippen molar-refractivity contribution in [1.82, 2.24) is 24.6 Å². The molecule has 0 saturated heterocycles. The summed E-state index contributed by atoms with van der Waals surface area (Å²) >= 11 is 0. The summed E-state index contributed by atoms with van der Waals surface area (Å²) < 4.78 is 2.09. The molecule has 3 heterocycles. The molecule has 124 valence electrons. The Hall–Kier alpha value is -1.79. The summed E-state index contributed by atoms with van der Waals surface area (Å²) in [7, 11) is 4.14. The summed E-state index contributed by atoms with van der Waals surface area (Å²) in [4.78, 5) is 11.3. The topological polar surface area (TPSA) is 72.9 Å². The van der Waals surface area contributed by atoms with Gasteiger partial charge in [-0.1, -0.05) is 6.07 Å². The van der Waals surface area contributed by atoms with Crippen molar-refractivity contribution in [3.8, 4) is 0 Å². The zero-order valence-electron chi connectivity index (χ0n) is 14.2. The van der Waals surface area contributed by atoms with Crippen molar-refractivity contribution in [3.63, 3.8) is 0 Å². The molecule has 2 N–H and O–H groups in total. The maximum Gasteiger partial charge on any atom is 0.152 e. The minimum atomic E-state index is 0.205. The normalized spacial score (nSPS) is 24.0. The first-order chi connectivity index (χ1) is 11.1. The van der Waals surface area contributed by atoms with Crippen molar-refractivity contribution in [2.75, 3.05) is 27.2 Å². The maximum absolute atomic E-state index is 6.11. The number of pyridine rings is 1. The number of nitrogens with zero attached hydrogens (tertiary/aromatic N) is 5. The maximum atomic E-state index is 6.11. The number of hydrogen-bond donors (Lipinski definition) is 1. The highest BCUT2D eigenvalue weighted by molar-refractivity contribution is 5.23. The zero-order valence-corrected chi connectivity index (χ0v) is 14.2. The predicted octanol–water partition coefficient (Wildman–Crippen LogP) is 1.57. The van der Waals surface area contributed by atoms with E-state index in [-0.39, 0.29) is 5.92 Å². The van der Waals surface area contributed by atoms with Gasteiger partial charge in [0.05, 0.1) is 6.04 Å². The number of fused-ring (bicyclic) bond motifs is 1. The molecule has 1 aliphatic heterocycles. The highest BCUT2D eigenvalue weighted by Crippen LogP contribution is 2.42. The predicted molar refractivity (Wildman–Crippen MR) is 90.4 cm³/mol. The largest absolute Gasteiger partial charge is 0.330 e. The van der Waals surface area contributed by atoms with Crippen molar-refractivity contribution >= 4 is 0 Å². The third-order valence-corrected chi connectivity index (χ3v) is 4.68. The molecular weight excluding hydrogens is 288 g/mol. The lowest BCUT2D eigenvalue weighted by molar-refractivity contribution is 0.311. The fourth-order valence-electron chi connectivity index (χ4n) is 3.43. The fourth-order valence-corrected chi connectivity index (χ4v) is 3.43. The van der Waals surface area contributed by atoms with Crippen LogP contribution in [0.25, 0.3) is 0 Å². The van der Waals surface area contributed by atoms with E-state index in [2.05, 4.69) is 41.7 Å². The Balaban J connectivity index is 1.91. The van der Waals surface area contributed by atoms with Gasteiger partial charge in [-0.05, 0) is 45.0 Å². The van der Waals surface area contributed by atoms with Gasteiger partial charge in [-0.25, -0.2) is 9.67 Å². The van der Waals surface area contributed by atoms with Gasteiger partial charge in [0, 0.05) is 37.8 Å². The molecule has 2 aromatic heterocycles. The summed E-state index contributed by atoms with van der Waals surface area (Å²) in [6.07, 6.45) is 5.67. The van der Waals surface area contributed by atoms with E-state index in [1.165, 1.54) is 5.56 Å². The molecule has 0 saturated carbocycles. The number of likely N-dealkylation sites (N-methyl/N-ethyl adjacent to an activating group) is 1. The van der Waals surface area contributed by atoms with E-state index in [1.54, 1.807) is 0 Å². The Labute approximate surface area is 137 Å².